The van der Waals surface area contributed by atoms with Crippen molar-refractivity contribution in [1.29, 1.82) is 0 Å². The topological polar surface area (TPSA) is 27.7 Å². The quantitative estimate of drug-likeness (QED) is 0.255. The third-order valence-electron chi connectivity index (χ3n) is 5.85. The highest BCUT2D eigenvalue weighted by molar-refractivity contribution is 5.05. The molecule has 0 aromatic rings. The second-order valence-electron chi connectivity index (χ2n) is 8.74. The molecular weight excluding hydrogens is 348 g/mol. The number of allylic oxidation sites excluding steroid dienone is 3. The van der Waals surface area contributed by atoms with Crippen molar-refractivity contribution in [2.75, 3.05) is 21.3 Å². The van der Waals surface area contributed by atoms with E-state index in [4.69, 9.17) is 14.2 Å². The molecule has 0 aliphatic carbocycles. The van der Waals surface area contributed by atoms with Gasteiger partial charge in [0.2, 0.25) is 0 Å². The van der Waals surface area contributed by atoms with E-state index >= 15 is 0 Å². The molecule has 0 fully saturated rings. The van der Waals surface area contributed by atoms with Crippen molar-refractivity contribution in [1.82, 2.24) is 0 Å². The van der Waals surface area contributed by atoms with E-state index in [0.717, 1.165) is 6.42 Å². The average Bonchev–Trinajstić information content (AvgIpc) is 2.61. The highest BCUT2D eigenvalue weighted by atomic mass is 16.5. The third kappa shape index (κ3) is 8.63. The molecule has 0 saturated carbocycles. The van der Waals surface area contributed by atoms with Gasteiger partial charge < -0.3 is 14.2 Å². The summed E-state index contributed by atoms with van der Waals surface area (Å²) < 4.78 is 17.5. The normalized spacial score (nSPS) is 20.6. The van der Waals surface area contributed by atoms with Crippen LogP contribution in [0, 0.1) is 29.6 Å². The number of methoxy groups -OCH3 is 3. The van der Waals surface area contributed by atoms with Crippen LogP contribution in [-0.2, 0) is 14.2 Å². The summed E-state index contributed by atoms with van der Waals surface area (Å²) in [5.41, 5.74) is 1.39. The summed E-state index contributed by atoms with van der Waals surface area (Å²) in [5, 5.41) is 0. The lowest BCUT2D eigenvalue weighted by molar-refractivity contribution is -0.0605. The Hall–Kier alpha value is -0.900. The SMILES string of the molecule is C=C/C=C/C(C)C(OC)C(C)C(OC)C(C)C/C(C)=C/C(C)C(OC)C(C)C. The monoisotopic (exact) mass is 394 g/mol. The van der Waals surface area contributed by atoms with Gasteiger partial charge in [0.15, 0.2) is 0 Å². The van der Waals surface area contributed by atoms with Crippen LogP contribution in [0.25, 0.3) is 0 Å². The zero-order valence-electron chi connectivity index (χ0n) is 20.1. The van der Waals surface area contributed by atoms with Crippen molar-refractivity contribution in [2.24, 2.45) is 29.6 Å². The third-order valence-corrected chi connectivity index (χ3v) is 5.85. The van der Waals surface area contributed by atoms with Gasteiger partial charge in [-0.15, -0.1) is 0 Å². The van der Waals surface area contributed by atoms with E-state index in [1.165, 1.54) is 5.57 Å². The lowest BCUT2D eigenvalue weighted by atomic mass is 9.81. The van der Waals surface area contributed by atoms with Crippen LogP contribution in [0.4, 0.5) is 0 Å². The fourth-order valence-electron chi connectivity index (χ4n) is 4.75. The van der Waals surface area contributed by atoms with Gasteiger partial charge in [0, 0.05) is 39.1 Å². The Morgan fingerprint density at radius 3 is 1.79 bits per heavy atom. The first-order valence-corrected chi connectivity index (χ1v) is 10.7. The van der Waals surface area contributed by atoms with Crippen LogP contribution in [0.3, 0.4) is 0 Å². The molecule has 0 radical (unpaired) electrons. The molecule has 0 spiro atoms. The summed E-state index contributed by atoms with van der Waals surface area (Å²) in [7, 11) is 5.42. The molecule has 0 rings (SSSR count). The molecule has 7 unspecified atom stereocenters. The Bertz CT molecular complexity index is 480. The van der Waals surface area contributed by atoms with E-state index in [1.54, 1.807) is 7.11 Å². The largest absolute Gasteiger partial charge is 0.381 e. The maximum atomic E-state index is 5.95. The van der Waals surface area contributed by atoms with Gasteiger partial charge in [-0.1, -0.05) is 78.0 Å². The summed E-state index contributed by atoms with van der Waals surface area (Å²) in [6, 6.07) is 0. The predicted molar refractivity (Wildman–Crippen MR) is 122 cm³/mol. The van der Waals surface area contributed by atoms with Crippen molar-refractivity contribution in [2.45, 2.75) is 73.2 Å². The van der Waals surface area contributed by atoms with Crippen molar-refractivity contribution < 1.29 is 14.2 Å². The first-order valence-electron chi connectivity index (χ1n) is 10.7. The molecule has 0 saturated heterocycles. The number of rotatable bonds is 14. The lowest BCUT2D eigenvalue weighted by Crippen LogP contribution is -2.39. The predicted octanol–water partition coefficient (Wildman–Crippen LogP) is 6.31. The van der Waals surface area contributed by atoms with Crippen molar-refractivity contribution in [3.63, 3.8) is 0 Å². The van der Waals surface area contributed by atoms with E-state index < -0.39 is 0 Å². The van der Waals surface area contributed by atoms with Gasteiger partial charge in [-0.25, -0.2) is 0 Å². The van der Waals surface area contributed by atoms with E-state index in [-0.39, 0.29) is 24.2 Å². The minimum atomic E-state index is 0.102. The molecule has 3 nitrogen and oxygen atoms in total. The summed E-state index contributed by atoms with van der Waals surface area (Å²) in [6.45, 7) is 19.4. The first kappa shape index (κ1) is 27.1. The van der Waals surface area contributed by atoms with Gasteiger partial charge in [0.25, 0.3) is 0 Å². The van der Waals surface area contributed by atoms with Crippen molar-refractivity contribution in [3.05, 3.63) is 36.5 Å². The Morgan fingerprint density at radius 2 is 1.36 bits per heavy atom. The molecular formula is C25H46O3. The van der Waals surface area contributed by atoms with E-state index in [9.17, 15) is 0 Å². The molecule has 0 N–H and O–H groups in total. The number of hydrogen-bond acceptors (Lipinski definition) is 3. The fraction of sp³-hybridized carbons (Fsp3) is 0.760. The average molecular weight is 395 g/mol. The molecule has 0 aromatic carbocycles. The second-order valence-corrected chi connectivity index (χ2v) is 8.74. The van der Waals surface area contributed by atoms with Crippen LogP contribution in [0.15, 0.2) is 36.5 Å². The van der Waals surface area contributed by atoms with E-state index in [0.29, 0.717) is 23.7 Å². The fourth-order valence-corrected chi connectivity index (χ4v) is 4.75. The zero-order chi connectivity index (χ0) is 21.9. The van der Waals surface area contributed by atoms with Crippen LogP contribution in [0.1, 0.15) is 54.9 Å². The first-order chi connectivity index (χ1) is 13.1. The van der Waals surface area contributed by atoms with E-state index in [1.807, 2.05) is 26.4 Å². The molecule has 3 heteroatoms. The Labute approximate surface area is 175 Å². The minimum absolute atomic E-state index is 0.102. The number of ether oxygens (including phenoxy) is 3. The van der Waals surface area contributed by atoms with Crippen LogP contribution in [-0.4, -0.2) is 39.6 Å². The van der Waals surface area contributed by atoms with Gasteiger partial charge in [-0.2, -0.15) is 0 Å². The summed E-state index contributed by atoms with van der Waals surface area (Å²) >= 11 is 0. The smallest absolute Gasteiger partial charge is 0.0681 e. The maximum Gasteiger partial charge on any atom is 0.0681 e. The summed E-state index contributed by atoms with van der Waals surface area (Å²) in [6.07, 6.45) is 9.81. The van der Waals surface area contributed by atoms with Gasteiger partial charge in [0.05, 0.1) is 18.3 Å². The zero-order valence-corrected chi connectivity index (χ0v) is 20.1. The number of hydrogen-bond donors (Lipinski definition) is 0. The molecule has 28 heavy (non-hydrogen) atoms. The Morgan fingerprint density at radius 1 is 0.821 bits per heavy atom. The molecule has 0 heterocycles. The van der Waals surface area contributed by atoms with Crippen LogP contribution >= 0.6 is 0 Å². The molecule has 0 aliphatic heterocycles. The molecule has 0 aliphatic rings. The van der Waals surface area contributed by atoms with Crippen molar-refractivity contribution in [3.8, 4) is 0 Å². The van der Waals surface area contributed by atoms with Gasteiger partial charge in [0.1, 0.15) is 0 Å². The maximum absolute atomic E-state index is 5.95. The molecule has 7 atom stereocenters. The van der Waals surface area contributed by atoms with Crippen LogP contribution in [0.5, 0.6) is 0 Å². The summed E-state index contributed by atoms with van der Waals surface area (Å²) in [5.74, 6) is 1.87. The molecule has 0 aromatic heterocycles. The summed E-state index contributed by atoms with van der Waals surface area (Å²) in [4.78, 5) is 0. The second kappa shape index (κ2) is 14.1. The highest BCUT2D eigenvalue weighted by Gasteiger charge is 2.32. The van der Waals surface area contributed by atoms with Crippen molar-refractivity contribution >= 4 is 0 Å². The van der Waals surface area contributed by atoms with E-state index in [2.05, 4.69) is 67.2 Å². The van der Waals surface area contributed by atoms with Crippen LogP contribution in [0.2, 0.25) is 0 Å². The molecule has 0 bridgehead atoms. The Balaban J connectivity index is 5.19. The molecule has 164 valence electrons. The van der Waals surface area contributed by atoms with Gasteiger partial charge >= 0.3 is 0 Å². The van der Waals surface area contributed by atoms with Gasteiger partial charge in [-0.05, 0) is 25.2 Å². The minimum Gasteiger partial charge on any atom is -0.381 e. The molecule has 0 amide bonds. The lowest BCUT2D eigenvalue weighted by Gasteiger charge is -2.35. The van der Waals surface area contributed by atoms with Crippen LogP contribution < -0.4 is 0 Å². The Kier molecular flexibility index (Phi) is 13.7. The standard InChI is InChI=1S/C25H46O3/c1-12-13-14-19(5)24(27-10)22(8)25(28-11)21(7)16-18(4)15-20(6)23(26-9)17(2)3/h12-15,17,19-25H,1,16H2,2-11H3/b14-13+,18-15+. The van der Waals surface area contributed by atoms with Gasteiger partial charge in [-0.3, -0.25) is 0 Å². The highest BCUT2D eigenvalue weighted by Crippen LogP contribution is 2.30.